The number of nitrogens with zero attached hydrogens (tertiary/aromatic N) is 2. The third-order valence-electron chi connectivity index (χ3n) is 5.34. The highest BCUT2D eigenvalue weighted by Gasteiger charge is 2.25. The highest BCUT2D eigenvalue weighted by atomic mass is 35.5. The first-order valence-corrected chi connectivity index (χ1v) is 9.21. The molecule has 118 valence electrons. The van der Waals surface area contributed by atoms with Gasteiger partial charge in [0.2, 0.25) is 0 Å². The maximum Gasteiger partial charge on any atom is 0.0762 e. The van der Waals surface area contributed by atoms with Gasteiger partial charge in [-0.05, 0) is 50.1 Å². The summed E-state index contributed by atoms with van der Waals surface area (Å²) in [6.07, 6.45) is 12.9. The minimum atomic E-state index is 0.642. The van der Waals surface area contributed by atoms with Crippen LogP contribution in [-0.2, 0) is 6.54 Å². The maximum absolute atomic E-state index is 6.04. The van der Waals surface area contributed by atoms with Crippen molar-refractivity contribution in [1.29, 1.82) is 0 Å². The summed E-state index contributed by atoms with van der Waals surface area (Å²) in [5.41, 5.74) is 1.18. The van der Waals surface area contributed by atoms with Crippen LogP contribution in [0.15, 0.2) is 12.3 Å². The van der Waals surface area contributed by atoms with Gasteiger partial charge in [0, 0.05) is 18.6 Å². The number of aromatic nitrogens is 2. The van der Waals surface area contributed by atoms with Gasteiger partial charge in [-0.1, -0.05) is 25.7 Å². The standard InChI is InChI=1S/C17H28ClN3/c18-11-14-5-4-6-15(14)12-19-13-16-9-10-21(20-16)17-7-2-1-3-8-17/h9-10,14-15,17,19H,1-8,11-13H2. The Balaban J connectivity index is 1.44. The summed E-state index contributed by atoms with van der Waals surface area (Å²) in [4.78, 5) is 0. The molecule has 0 saturated heterocycles. The van der Waals surface area contributed by atoms with Crippen LogP contribution in [0.4, 0.5) is 0 Å². The van der Waals surface area contributed by atoms with Gasteiger partial charge in [-0.25, -0.2) is 0 Å². The highest BCUT2D eigenvalue weighted by molar-refractivity contribution is 6.18. The van der Waals surface area contributed by atoms with E-state index in [-0.39, 0.29) is 0 Å². The fourth-order valence-corrected chi connectivity index (χ4v) is 4.40. The molecule has 0 aliphatic heterocycles. The smallest absolute Gasteiger partial charge is 0.0762 e. The second-order valence-corrected chi connectivity index (χ2v) is 7.12. The Labute approximate surface area is 133 Å². The molecule has 4 heteroatoms. The van der Waals surface area contributed by atoms with Crippen LogP contribution in [0.5, 0.6) is 0 Å². The van der Waals surface area contributed by atoms with Gasteiger partial charge in [0.25, 0.3) is 0 Å². The van der Waals surface area contributed by atoms with Crippen molar-refractivity contribution >= 4 is 11.6 Å². The van der Waals surface area contributed by atoms with Gasteiger partial charge in [0.05, 0.1) is 11.7 Å². The molecule has 2 unspecified atom stereocenters. The molecule has 2 saturated carbocycles. The molecule has 0 aromatic carbocycles. The lowest BCUT2D eigenvalue weighted by molar-refractivity contribution is 0.327. The number of alkyl halides is 1. The van der Waals surface area contributed by atoms with E-state index in [1.54, 1.807) is 0 Å². The topological polar surface area (TPSA) is 29.9 Å². The van der Waals surface area contributed by atoms with Gasteiger partial charge >= 0.3 is 0 Å². The van der Waals surface area contributed by atoms with Crippen LogP contribution in [0.25, 0.3) is 0 Å². The third kappa shape index (κ3) is 4.01. The number of rotatable bonds is 6. The zero-order chi connectivity index (χ0) is 14.5. The molecule has 3 rings (SSSR count). The summed E-state index contributed by atoms with van der Waals surface area (Å²) in [7, 11) is 0. The van der Waals surface area contributed by atoms with Gasteiger partial charge < -0.3 is 5.32 Å². The van der Waals surface area contributed by atoms with E-state index in [2.05, 4.69) is 22.3 Å². The molecule has 21 heavy (non-hydrogen) atoms. The molecule has 1 heterocycles. The van der Waals surface area contributed by atoms with Crippen molar-refractivity contribution < 1.29 is 0 Å². The van der Waals surface area contributed by atoms with E-state index < -0.39 is 0 Å². The normalized spacial score (nSPS) is 27.3. The van der Waals surface area contributed by atoms with E-state index in [0.717, 1.165) is 30.8 Å². The van der Waals surface area contributed by atoms with Gasteiger partial charge in [-0.2, -0.15) is 5.10 Å². The largest absolute Gasteiger partial charge is 0.311 e. The van der Waals surface area contributed by atoms with Crippen molar-refractivity contribution in [3.63, 3.8) is 0 Å². The molecule has 0 radical (unpaired) electrons. The molecular formula is C17H28ClN3. The second kappa shape index (κ2) is 7.64. The number of hydrogen-bond donors (Lipinski definition) is 1. The summed E-state index contributed by atoms with van der Waals surface area (Å²) >= 11 is 6.04. The van der Waals surface area contributed by atoms with Crippen molar-refractivity contribution in [1.82, 2.24) is 15.1 Å². The first-order chi connectivity index (χ1) is 10.4. The van der Waals surface area contributed by atoms with Crippen LogP contribution in [-0.4, -0.2) is 22.2 Å². The molecule has 2 fully saturated rings. The van der Waals surface area contributed by atoms with Crippen LogP contribution < -0.4 is 5.32 Å². The lowest BCUT2D eigenvalue weighted by atomic mass is 9.96. The van der Waals surface area contributed by atoms with Crippen molar-refractivity contribution in [2.45, 2.75) is 64.0 Å². The van der Waals surface area contributed by atoms with Crippen molar-refractivity contribution in [2.24, 2.45) is 11.8 Å². The quantitative estimate of drug-likeness (QED) is 0.801. The van der Waals surface area contributed by atoms with E-state index in [1.807, 2.05) is 0 Å². The Hall–Kier alpha value is -0.540. The molecule has 2 aliphatic rings. The Morgan fingerprint density at radius 2 is 1.90 bits per heavy atom. The number of nitrogens with one attached hydrogen (secondary N) is 1. The fourth-order valence-electron chi connectivity index (χ4n) is 3.99. The van der Waals surface area contributed by atoms with E-state index >= 15 is 0 Å². The van der Waals surface area contributed by atoms with Crippen LogP contribution in [0, 0.1) is 11.8 Å². The van der Waals surface area contributed by atoms with Crippen molar-refractivity contribution in [3.8, 4) is 0 Å². The average Bonchev–Trinajstić information content (AvgIpc) is 3.17. The molecule has 1 aromatic heterocycles. The molecule has 2 atom stereocenters. The Morgan fingerprint density at radius 3 is 2.71 bits per heavy atom. The molecule has 2 aliphatic carbocycles. The van der Waals surface area contributed by atoms with Gasteiger partial charge in [-0.15, -0.1) is 11.6 Å². The minimum Gasteiger partial charge on any atom is -0.311 e. The van der Waals surface area contributed by atoms with Crippen molar-refractivity contribution in [3.05, 3.63) is 18.0 Å². The Kier molecular flexibility index (Phi) is 5.59. The summed E-state index contributed by atoms with van der Waals surface area (Å²) in [5.74, 6) is 2.31. The van der Waals surface area contributed by atoms with Crippen LogP contribution in [0.2, 0.25) is 0 Å². The SMILES string of the molecule is ClCC1CCCC1CNCc1ccn(C2CCCCC2)n1. The molecule has 0 amide bonds. The highest BCUT2D eigenvalue weighted by Crippen LogP contribution is 2.32. The van der Waals surface area contributed by atoms with Gasteiger partial charge in [0.15, 0.2) is 0 Å². The molecular weight excluding hydrogens is 282 g/mol. The molecule has 1 aromatic rings. The lowest BCUT2D eigenvalue weighted by Gasteiger charge is -2.21. The minimum absolute atomic E-state index is 0.642. The van der Waals surface area contributed by atoms with E-state index in [4.69, 9.17) is 16.7 Å². The van der Waals surface area contributed by atoms with E-state index in [0.29, 0.717) is 6.04 Å². The zero-order valence-electron chi connectivity index (χ0n) is 12.9. The fraction of sp³-hybridized carbons (Fsp3) is 0.824. The predicted octanol–water partition coefficient (Wildman–Crippen LogP) is 4.13. The van der Waals surface area contributed by atoms with Crippen molar-refractivity contribution in [2.75, 3.05) is 12.4 Å². The Morgan fingerprint density at radius 1 is 1.10 bits per heavy atom. The van der Waals surface area contributed by atoms with Crippen LogP contribution in [0.1, 0.15) is 63.1 Å². The first kappa shape index (κ1) is 15.4. The summed E-state index contributed by atoms with van der Waals surface area (Å²) < 4.78 is 2.20. The average molecular weight is 310 g/mol. The number of halogens is 1. The predicted molar refractivity (Wildman–Crippen MR) is 87.6 cm³/mol. The molecule has 3 nitrogen and oxygen atoms in total. The van der Waals surface area contributed by atoms with Crippen LogP contribution in [0.3, 0.4) is 0 Å². The van der Waals surface area contributed by atoms with E-state index in [9.17, 15) is 0 Å². The molecule has 0 spiro atoms. The second-order valence-electron chi connectivity index (χ2n) is 6.82. The maximum atomic E-state index is 6.04. The van der Waals surface area contributed by atoms with Gasteiger partial charge in [-0.3, -0.25) is 4.68 Å². The van der Waals surface area contributed by atoms with E-state index in [1.165, 1.54) is 57.1 Å². The van der Waals surface area contributed by atoms with Gasteiger partial charge in [0.1, 0.15) is 0 Å². The summed E-state index contributed by atoms with van der Waals surface area (Å²) in [6.45, 7) is 1.99. The summed E-state index contributed by atoms with van der Waals surface area (Å²) in [5, 5.41) is 8.36. The first-order valence-electron chi connectivity index (χ1n) is 8.67. The molecule has 0 bridgehead atoms. The van der Waals surface area contributed by atoms with Crippen LogP contribution >= 0.6 is 11.6 Å². The monoisotopic (exact) mass is 309 g/mol. The summed E-state index contributed by atoms with van der Waals surface area (Å²) in [6, 6.07) is 2.82. The lowest BCUT2D eigenvalue weighted by Crippen LogP contribution is -2.26. The third-order valence-corrected chi connectivity index (χ3v) is 5.74. The molecule has 1 N–H and O–H groups in total. The number of hydrogen-bond acceptors (Lipinski definition) is 2. The Bertz CT molecular complexity index is 425. The zero-order valence-corrected chi connectivity index (χ0v) is 13.7.